The Bertz CT molecular complexity index is 683. The number of fused-ring (bicyclic) bond motifs is 3. The molecule has 2 N–H and O–H groups in total. The molecular formula is C13H10N2O. The Kier molecular flexibility index (Phi) is 1.90. The number of nitrogens with one attached hydrogen (secondary N) is 1. The number of hydrogen-bond donors (Lipinski definition) is 2. The van der Waals surface area contributed by atoms with Crippen LogP contribution < -0.4 is 0 Å². The van der Waals surface area contributed by atoms with Crippen molar-refractivity contribution in [3.8, 4) is 0 Å². The van der Waals surface area contributed by atoms with Crippen LogP contribution in [0.4, 0.5) is 0 Å². The summed E-state index contributed by atoms with van der Waals surface area (Å²) in [6.45, 7) is 0. The van der Waals surface area contributed by atoms with E-state index < -0.39 is 0 Å². The molecule has 0 fully saturated rings. The molecule has 1 heterocycles. The van der Waals surface area contributed by atoms with Crippen LogP contribution in [0.15, 0.2) is 47.6 Å². The molecule has 0 unspecified atom stereocenters. The third-order valence-electron chi connectivity index (χ3n) is 2.77. The van der Waals surface area contributed by atoms with Gasteiger partial charge in [-0.25, -0.2) is 0 Å². The van der Waals surface area contributed by atoms with Crippen molar-refractivity contribution in [3.05, 3.63) is 48.0 Å². The monoisotopic (exact) mass is 210 g/mol. The second-order valence-corrected chi connectivity index (χ2v) is 3.68. The SMILES string of the molecule is ON=Cc1cccc2c1[nH]c1ccccc12. The van der Waals surface area contributed by atoms with E-state index in [1.54, 1.807) is 0 Å². The third-order valence-corrected chi connectivity index (χ3v) is 2.77. The summed E-state index contributed by atoms with van der Waals surface area (Å²) >= 11 is 0. The zero-order valence-corrected chi connectivity index (χ0v) is 8.51. The second-order valence-electron chi connectivity index (χ2n) is 3.68. The maximum atomic E-state index is 8.61. The molecule has 0 aliphatic heterocycles. The van der Waals surface area contributed by atoms with Crippen LogP contribution in [0.25, 0.3) is 21.8 Å². The Hall–Kier alpha value is -2.29. The Morgan fingerprint density at radius 1 is 1.00 bits per heavy atom. The Labute approximate surface area is 92.0 Å². The van der Waals surface area contributed by atoms with Crippen LogP contribution in [0.5, 0.6) is 0 Å². The van der Waals surface area contributed by atoms with Gasteiger partial charge < -0.3 is 10.2 Å². The van der Waals surface area contributed by atoms with Crippen molar-refractivity contribution in [2.45, 2.75) is 0 Å². The predicted molar refractivity (Wildman–Crippen MR) is 65.2 cm³/mol. The van der Waals surface area contributed by atoms with Crippen LogP contribution in [-0.4, -0.2) is 16.4 Å². The van der Waals surface area contributed by atoms with Gasteiger partial charge in [-0.2, -0.15) is 0 Å². The number of benzene rings is 2. The van der Waals surface area contributed by atoms with Crippen molar-refractivity contribution in [1.82, 2.24) is 4.98 Å². The minimum atomic E-state index is 0.885. The highest BCUT2D eigenvalue weighted by molar-refractivity contribution is 6.12. The van der Waals surface area contributed by atoms with E-state index in [-0.39, 0.29) is 0 Å². The molecule has 3 nitrogen and oxygen atoms in total. The van der Waals surface area contributed by atoms with Crippen molar-refractivity contribution in [2.24, 2.45) is 5.16 Å². The Balaban J connectivity index is 2.48. The lowest BCUT2D eigenvalue weighted by Crippen LogP contribution is -1.82. The fourth-order valence-electron chi connectivity index (χ4n) is 2.07. The quantitative estimate of drug-likeness (QED) is 0.362. The largest absolute Gasteiger partial charge is 0.411 e. The summed E-state index contributed by atoms with van der Waals surface area (Å²) in [5.41, 5.74) is 2.98. The first kappa shape index (κ1) is 8.97. The van der Waals surface area contributed by atoms with Crippen LogP contribution in [0.1, 0.15) is 5.56 Å². The molecule has 2 aromatic carbocycles. The number of nitrogens with zero attached hydrogens (tertiary/aromatic N) is 1. The lowest BCUT2D eigenvalue weighted by atomic mass is 10.1. The molecule has 3 rings (SSSR count). The first-order chi connectivity index (χ1) is 7.90. The number of H-pyrrole nitrogens is 1. The molecule has 0 spiro atoms. The number of hydrogen-bond acceptors (Lipinski definition) is 2. The topological polar surface area (TPSA) is 48.4 Å². The van der Waals surface area contributed by atoms with Gasteiger partial charge in [-0.1, -0.05) is 41.6 Å². The Morgan fingerprint density at radius 2 is 1.81 bits per heavy atom. The van der Waals surface area contributed by atoms with Crippen molar-refractivity contribution in [3.63, 3.8) is 0 Å². The van der Waals surface area contributed by atoms with Gasteiger partial charge in [0.05, 0.1) is 11.7 Å². The van der Waals surface area contributed by atoms with E-state index >= 15 is 0 Å². The van der Waals surface area contributed by atoms with Crippen LogP contribution in [0.3, 0.4) is 0 Å². The molecule has 0 bridgehead atoms. The van der Waals surface area contributed by atoms with Crippen LogP contribution in [0, 0.1) is 0 Å². The summed E-state index contributed by atoms with van der Waals surface area (Å²) in [5, 5.41) is 14.0. The predicted octanol–water partition coefficient (Wildman–Crippen LogP) is 3.13. The van der Waals surface area contributed by atoms with Gasteiger partial charge in [0.15, 0.2) is 0 Å². The van der Waals surface area contributed by atoms with Crippen molar-refractivity contribution in [2.75, 3.05) is 0 Å². The molecule has 16 heavy (non-hydrogen) atoms. The summed E-state index contributed by atoms with van der Waals surface area (Å²) in [7, 11) is 0. The first-order valence-electron chi connectivity index (χ1n) is 5.07. The highest BCUT2D eigenvalue weighted by atomic mass is 16.4. The van der Waals surface area contributed by atoms with Gasteiger partial charge in [0, 0.05) is 21.9 Å². The first-order valence-corrected chi connectivity index (χ1v) is 5.07. The van der Waals surface area contributed by atoms with E-state index in [9.17, 15) is 0 Å². The zero-order chi connectivity index (χ0) is 11.0. The third kappa shape index (κ3) is 1.18. The highest BCUT2D eigenvalue weighted by Crippen LogP contribution is 2.26. The second kappa shape index (κ2) is 3.38. The Morgan fingerprint density at radius 3 is 2.69 bits per heavy atom. The minimum absolute atomic E-state index is 0.885. The lowest BCUT2D eigenvalue weighted by Gasteiger charge is -1.94. The molecule has 0 saturated heterocycles. The van der Waals surface area contributed by atoms with Crippen molar-refractivity contribution >= 4 is 28.0 Å². The molecule has 0 amide bonds. The molecule has 3 aromatic rings. The van der Waals surface area contributed by atoms with Gasteiger partial charge in [-0.3, -0.25) is 0 Å². The normalized spacial score (nSPS) is 11.8. The maximum Gasteiger partial charge on any atom is 0.0754 e. The van der Waals surface area contributed by atoms with Gasteiger partial charge >= 0.3 is 0 Å². The number of aromatic nitrogens is 1. The smallest absolute Gasteiger partial charge is 0.0754 e. The molecule has 0 radical (unpaired) electrons. The number of oxime groups is 1. The van der Waals surface area contributed by atoms with Crippen LogP contribution >= 0.6 is 0 Å². The van der Waals surface area contributed by atoms with Crippen molar-refractivity contribution in [1.29, 1.82) is 0 Å². The van der Waals surface area contributed by atoms with Crippen molar-refractivity contribution < 1.29 is 5.21 Å². The average molecular weight is 210 g/mol. The summed E-state index contributed by atoms with van der Waals surface area (Å²) in [6.07, 6.45) is 1.44. The van der Waals surface area contributed by atoms with Crippen LogP contribution in [-0.2, 0) is 0 Å². The van der Waals surface area contributed by atoms with E-state index in [0.29, 0.717) is 0 Å². The van der Waals surface area contributed by atoms with E-state index in [1.165, 1.54) is 11.6 Å². The molecule has 0 saturated carbocycles. The maximum absolute atomic E-state index is 8.61. The van der Waals surface area contributed by atoms with E-state index in [4.69, 9.17) is 5.21 Å². The summed E-state index contributed by atoms with van der Waals surface area (Å²) < 4.78 is 0. The highest BCUT2D eigenvalue weighted by Gasteiger charge is 2.05. The lowest BCUT2D eigenvalue weighted by molar-refractivity contribution is 0.322. The molecule has 0 atom stereocenters. The molecule has 1 aromatic heterocycles. The van der Waals surface area contributed by atoms with Crippen LogP contribution in [0.2, 0.25) is 0 Å². The zero-order valence-electron chi connectivity index (χ0n) is 8.51. The van der Waals surface area contributed by atoms with Gasteiger partial charge in [-0.15, -0.1) is 0 Å². The number of rotatable bonds is 1. The summed E-state index contributed by atoms with van der Waals surface area (Å²) in [6, 6.07) is 14.1. The molecule has 0 aliphatic carbocycles. The van der Waals surface area contributed by atoms with Gasteiger partial charge in [0.1, 0.15) is 0 Å². The average Bonchev–Trinajstić information content (AvgIpc) is 2.69. The minimum Gasteiger partial charge on any atom is -0.411 e. The van der Waals surface area contributed by atoms with E-state index in [1.807, 2.05) is 30.3 Å². The standard InChI is InChI=1S/C13H10N2O/c16-14-8-9-4-3-6-11-10-5-1-2-7-12(10)15-13(9)11/h1-8,15-16H. The molecular weight excluding hydrogens is 200 g/mol. The molecule has 0 aliphatic rings. The molecule has 78 valence electrons. The van der Waals surface area contributed by atoms with E-state index in [2.05, 4.69) is 22.3 Å². The summed E-state index contributed by atoms with van der Waals surface area (Å²) in [5.74, 6) is 0. The fraction of sp³-hybridized carbons (Fsp3) is 0. The number of para-hydroxylation sites is 2. The molecule has 3 heteroatoms. The fourth-order valence-corrected chi connectivity index (χ4v) is 2.07. The van der Waals surface area contributed by atoms with Gasteiger partial charge in [0.2, 0.25) is 0 Å². The van der Waals surface area contributed by atoms with E-state index in [0.717, 1.165) is 22.0 Å². The summed E-state index contributed by atoms with van der Waals surface area (Å²) in [4.78, 5) is 3.33. The van der Waals surface area contributed by atoms with Gasteiger partial charge in [0.25, 0.3) is 0 Å². The van der Waals surface area contributed by atoms with Gasteiger partial charge in [-0.05, 0) is 6.07 Å². The number of aromatic amines is 1.